The van der Waals surface area contributed by atoms with Crippen molar-refractivity contribution in [2.75, 3.05) is 5.32 Å². The summed E-state index contributed by atoms with van der Waals surface area (Å²) in [4.78, 5) is 4.17. The number of pyridine rings is 1. The molecule has 0 saturated heterocycles. The van der Waals surface area contributed by atoms with Gasteiger partial charge >= 0.3 is 0 Å². The summed E-state index contributed by atoms with van der Waals surface area (Å²) < 4.78 is 12.9. The van der Waals surface area contributed by atoms with Gasteiger partial charge in [-0.3, -0.25) is 4.98 Å². The molecule has 0 saturated carbocycles. The monoisotopic (exact) mass is 258 g/mol. The molecule has 0 aliphatic rings. The first-order valence-electron chi connectivity index (χ1n) is 6.71. The van der Waals surface area contributed by atoms with Crippen molar-refractivity contribution in [3.05, 3.63) is 60.2 Å². The summed E-state index contributed by atoms with van der Waals surface area (Å²) in [5.41, 5.74) is 2.10. The zero-order chi connectivity index (χ0) is 13.5. The highest BCUT2D eigenvalue weighted by molar-refractivity contribution is 5.45. The Morgan fingerprint density at radius 3 is 2.63 bits per heavy atom. The zero-order valence-electron chi connectivity index (χ0n) is 11.1. The Morgan fingerprint density at radius 1 is 1.21 bits per heavy atom. The number of aromatic nitrogens is 1. The van der Waals surface area contributed by atoms with Crippen molar-refractivity contribution in [2.24, 2.45) is 0 Å². The number of halogens is 1. The first kappa shape index (κ1) is 13.5. The second-order valence-electron chi connectivity index (χ2n) is 4.63. The Labute approximate surface area is 113 Å². The number of rotatable bonds is 6. The molecule has 1 N–H and O–H groups in total. The predicted octanol–water partition coefficient (Wildman–Crippen LogP) is 4.56. The molecular formula is C16H19FN2. The Bertz CT molecular complexity index is 482. The van der Waals surface area contributed by atoms with E-state index in [0.717, 1.165) is 24.9 Å². The Balaban J connectivity index is 2.11. The molecule has 0 bridgehead atoms. The summed E-state index contributed by atoms with van der Waals surface area (Å²) in [6, 6.07) is 10.7. The summed E-state index contributed by atoms with van der Waals surface area (Å²) >= 11 is 0. The van der Waals surface area contributed by atoms with Crippen LogP contribution < -0.4 is 5.32 Å². The smallest absolute Gasteiger partial charge is 0.123 e. The fourth-order valence-corrected chi connectivity index (χ4v) is 2.06. The van der Waals surface area contributed by atoms with Crippen LogP contribution in [0.1, 0.15) is 37.8 Å². The molecule has 1 aromatic heterocycles. The average Bonchev–Trinajstić information content (AvgIpc) is 2.46. The molecule has 2 nitrogen and oxygen atoms in total. The van der Waals surface area contributed by atoms with Gasteiger partial charge in [0.05, 0.1) is 6.04 Å². The van der Waals surface area contributed by atoms with E-state index in [1.54, 1.807) is 18.3 Å². The van der Waals surface area contributed by atoms with E-state index >= 15 is 0 Å². The van der Waals surface area contributed by atoms with Gasteiger partial charge in [-0.1, -0.05) is 25.8 Å². The summed E-state index contributed by atoms with van der Waals surface area (Å²) in [5.74, 6) is -0.211. The predicted molar refractivity (Wildman–Crippen MR) is 76.5 cm³/mol. The van der Waals surface area contributed by atoms with Gasteiger partial charge in [-0.05, 0) is 42.3 Å². The van der Waals surface area contributed by atoms with Crippen LogP contribution in [-0.4, -0.2) is 4.98 Å². The van der Waals surface area contributed by atoms with Crippen molar-refractivity contribution >= 4 is 5.69 Å². The van der Waals surface area contributed by atoms with Gasteiger partial charge < -0.3 is 5.32 Å². The van der Waals surface area contributed by atoms with Crippen LogP contribution in [0.25, 0.3) is 0 Å². The molecule has 19 heavy (non-hydrogen) atoms. The molecule has 0 spiro atoms. The Kier molecular flexibility index (Phi) is 4.90. The molecule has 1 atom stereocenters. The first-order chi connectivity index (χ1) is 9.29. The quantitative estimate of drug-likeness (QED) is 0.821. The van der Waals surface area contributed by atoms with E-state index in [1.165, 1.54) is 17.7 Å². The van der Waals surface area contributed by atoms with Crippen molar-refractivity contribution in [3.8, 4) is 0 Å². The van der Waals surface area contributed by atoms with E-state index in [2.05, 4.69) is 23.3 Å². The van der Waals surface area contributed by atoms with Gasteiger partial charge in [-0.25, -0.2) is 4.39 Å². The minimum Gasteiger partial charge on any atom is -0.378 e. The second-order valence-corrected chi connectivity index (χ2v) is 4.63. The van der Waals surface area contributed by atoms with Crippen molar-refractivity contribution in [3.63, 3.8) is 0 Å². The second kappa shape index (κ2) is 6.88. The van der Waals surface area contributed by atoms with Gasteiger partial charge in [-0.2, -0.15) is 0 Å². The lowest BCUT2D eigenvalue weighted by molar-refractivity contribution is 0.624. The molecule has 0 aliphatic heterocycles. The number of nitrogens with one attached hydrogen (secondary N) is 1. The van der Waals surface area contributed by atoms with Gasteiger partial charge in [0, 0.05) is 18.1 Å². The van der Waals surface area contributed by atoms with Gasteiger partial charge in [0.1, 0.15) is 5.82 Å². The summed E-state index contributed by atoms with van der Waals surface area (Å²) in [6.07, 6.45) is 7.00. The van der Waals surface area contributed by atoms with Gasteiger partial charge in [0.2, 0.25) is 0 Å². The molecule has 0 amide bonds. The number of unbranched alkanes of at least 4 members (excludes halogenated alkanes) is 1. The number of hydrogen-bond acceptors (Lipinski definition) is 2. The van der Waals surface area contributed by atoms with Gasteiger partial charge in [0.15, 0.2) is 0 Å². The summed E-state index contributed by atoms with van der Waals surface area (Å²) in [7, 11) is 0. The molecule has 1 unspecified atom stereocenters. The molecular weight excluding hydrogens is 239 g/mol. The van der Waals surface area contributed by atoms with Crippen molar-refractivity contribution in [1.29, 1.82) is 0 Å². The van der Waals surface area contributed by atoms with Crippen LogP contribution in [0.4, 0.5) is 10.1 Å². The van der Waals surface area contributed by atoms with Crippen LogP contribution >= 0.6 is 0 Å². The fraction of sp³-hybridized carbons (Fsp3) is 0.312. The third kappa shape index (κ3) is 4.05. The van der Waals surface area contributed by atoms with Crippen molar-refractivity contribution in [2.45, 2.75) is 32.2 Å². The molecule has 1 aromatic carbocycles. The minimum atomic E-state index is -0.211. The molecule has 2 rings (SSSR count). The zero-order valence-corrected chi connectivity index (χ0v) is 11.1. The topological polar surface area (TPSA) is 24.9 Å². The van der Waals surface area contributed by atoms with Crippen LogP contribution in [0, 0.1) is 5.82 Å². The molecule has 0 radical (unpaired) electrons. The van der Waals surface area contributed by atoms with E-state index in [9.17, 15) is 4.39 Å². The highest BCUT2D eigenvalue weighted by atomic mass is 19.1. The van der Waals surface area contributed by atoms with Gasteiger partial charge in [-0.15, -0.1) is 0 Å². The van der Waals surface area contributed by atoms with E-state index < -0.39 is 0 Å². The maximum Gasteiger partial charge on any atom is 0.123 e. The summed E-state index contributed by atoms with van der Waals surface area (Å²) in [6.45, 7) is 2.18. The maximum atomic E-state index is 12.9. The Morgan fingerprint density at radius 2 is 2.00 bits per heavy atom. The normalized spacial score (nSPS) is 12.1. The number of benzene rings is 1. The molecule has 0 aliphatic carbocycles. The van der Waals surface area contributed by atoms with Crippen LogP contribution in [0.3, 0.4) is 0 Å². The van der Waals surface area contributed by atoms with E-state index in [0.29, 0.717) is 0 Å². The van der Waals surface area contributed by atoms with Crippen molar-refractivity contribution in [1.82, 2.24) is 4.98 Å². The molecule has 0 fully saturated rings. The minimum absolute atomic E-state index is 0.211. The van der Waals surface area contributed by atoms with E-state index in [1.807, 2.05) is 12.3 Å². The molecule has 3 heteroatoms. The molecule has 1 heterocycles. The van der Waals surface area contributed by atoms with E-state index in [4.69, 9.17) is 0 Å². The third-order valence-corrected chi connectivity index (χ3v) is 3.12. The van der Waals surface area contributed by atoms with Crippen LogP contribution in [-0.2, 0) is 0 Å². The van der Waals surface area contributed by atoms with Crippen LogP contribution in [0.2, 0.25) is 0 Å². The number of anilines is 1. The van der Waals surface area contributed by atoms with Crippen molar-refractivity contribution < 1.29 is 4.39 Å². The average molecular weight is 258 g/mol. The lowest BCUT2D eigenvalue weighted by atomic mass is 10.0. The number of nitrogens with zero attached hydrogens (tertiary/aromatic N) is 1. The highest BCUT2D eigenvalue weighted by Gasteiger charge is 2.10. The number of hydrogen-bond donors (Lipinski definition) is 1. The molecule has 2 aromatic rings. The highest BCUT2D eigenvalue weighted by Crippen LogP contribution is 2.24. The summed E-state index contributed by atoms with van der Waals surface area (Å²) in [5, 5.41) is 3.45. The lowest BCUT2D eigenvalue weighted by Crippen LogP contribution is -2.11. The SMILES string of the molecule is CCCCC(Nc1ccc(F)cc1)c1cccnc1. The third-order valence-electron chi connectivity index (χ3n) is 3.12. The largest absolute Gasteiger partial charge is 0.378 e. The lowest BCUT2D eigenvalue weighted by Gasteiger charge is -2.20. The fourth-order valence-electron chi connectivity index (χ4n) is 2.06. The van der Waals surface area contributed by atoms with Gasteiger partial charge in [0.25, 0.3) is 0 Å². The van der Waals surface area contributed by atoms with Crippen LogP contribution in [0.5, 0.6) is 0 Å². The molecule has 100 valence electrons. The Hall–Kier alpha value is -1.90. The maximum absolute atomic E-state index is 12.9. The van der Waals surface area contributed by atoms with Crippen LogP contribution in [0.15, 0.2) is 48.8 Å². The standard InChI is InChI=1S/C16H19FN2/c1-2-3-6-16(13-5-4-11-18-12-13)19-15-9-7-14(17)8-10-15/h4-5,7-12,16,19H,2-3,6H2,1H3. The van der Waals surface area contributed by atoms with E-state index in [-0.39, 0.29) is 11.9 Å². The first-order valence-corrected chi connectivity index (χ1v) is 6.71.